The van der Waals surface area contributed by atoms with Crippen molar-refractivity contribution in [3.05, 3.63) is 35.9 Å². The molecule has 0 aromatic heterocycles. The second-order valence-corrected chi connectivity index (χ2v) is 6.81. The SMILES string of the molecule is O=C(O)CCCCCCNC(=O)C1CCCN(C(=O)c2ccccc2)C1. The van der Waals surface area contributed by atoms with Crippen LogP contribution in [0.2, 0.25) is 0 Å². The normalized spacial score (nSPS) is 16.9. The molecule has 1 unspecified atom stereocenters. The summed E-state index contributed by atoms with van der Waals surface area (Å²) in [5, 5.41) is 11.5. The lowest BCUT2D eigenvalue weighted by atomic mass is 9.96. The Morgan fingerprint density at radius 1 is 1.08 bits per heavy atom. The van der Waals surface area contributed by atoms with Crippen LogP contribution in [0, 0.1) is 5.92 Å². The molecule has 0 saturated carbocycles. The maximum atomic E-state index is 12.5. The molecule has 0 spiro atoms. The summed E-state index contributed by atoms with van der Waals surface area (Å²) < 4.78 is 0. The number of unbranched alkanes of at least 4 members (excludes halogenated alkanes) is 3. The van der Waals surface area contributed by atoms with E-state index < -0.39 is 5.97 Å². The molecule has 1 aromatic carbocycles. The number of nitrogens with one attached hydrogen (secondary N) is 1. The Kier molecular flexibility index (Phi) is 8.12. The van der Waals surface area contributed by atoms with Crippen molar-refractivity contribution in [1.29, 1.82) is 0 Å². The maximum absolute atomic E-state index is 12.5. The molecule has 6 nitrogen and oxygen atoms in total. The lowest BCUT2D eigenvalue weighted by Crippen LogP contribution is -2.45. The average molecular weight is 360 g/mol. The maximum Gasteiger partial charge on any atom is 0.303 e. The Morgan fingerprint density at radius 2 is 1.81 bits per heavy atom. The zero-order valence-corrected chi connectivity index (χ0v) is 15.2. The fourth-order valence-corrected chi connectivity index (χ4v) is 3.25. The molecule has 2 amide bonds. The number of likely N-dealkylation sites (tertiary alicyclic amines) is 1. The van der Waals surface area contributed by atoms with Crippen LogP contribution in [0.4, 0.5) is 0 Å². The van der Waals surface area contributed by atoms with Gasteiger partial charge in [-0.15, -0.1) is 0 Å². The van der Waals surface area contributed by atoms with Crippen LogP contribution in [-0.2, 0) is 9.59 Å². The van der Waals surface area contributed by atoms with Gasteiger partial charge in [-0.3, -0.25) is 14.4 Å². The van der Waals surface area contributed by atoms with Gasteiger partial charge in [0, 0.05) is 31.6 Å². The predicted octanol–water partition coefficient (Wildman–Crippen LogP) is 2.69. The molecule has 6 heteroatoms. The third-order valence-electron chi connectivity index (χ3n) is 4.72. The number of piperidine rings is 1. The van der Waals surface area contributed by atoms with Crippen LogP contribution in [0.3, 0.4) is 0 Å². The van der Waals surface area contributed by atoms with Crippen LogP contribution in [-0.4, -0.2) is 47.4 Å². The largest absolute Gasteiger partial charge is 0.481 e. The van der Waals surface area contributed by atoms with E-state index in [2.05, 4.69) is 5.32 Å². The molecule has 1 saturated heterocycles. The third kappa shape index (κ3) is 6.50. The number of amides is 2. The molecular weight excluding hydrogens is 332 g/mol. The fourth-order valence-electron chi connectivity index (χ4n) is 3.25. The monoisotopic (exact) mass is 360 g/mol. The Bertz CT molecular complexity index is 603. The number of benzene rings is 1. The standard InChI is InChI=1S/C20H28N2O4/c23-18(24)12-6-1-2-7-13-21-19(25)17-11-8-14-22(15-17)20(26)16-9-4-3-5-10-16/h3-5,9-10,17H,1-2,6-8,11-15H2,(H,21,25)(H,23,24). The van der Waals surface area contributed by atoms with Crippen molar-refractivity contribution in [3.8, 4) is 0 Å². The van der Waals surface area contributed by atoms with Gasteiger partial charge in [0.05, 0.1) is 5.92 Å². The van der Waals surface area contributed by atoms with Gasteiger partial charge in [0.25, 0.3) is 5.91 Å². The van der Waals surface area contributed by atoms with E-state index in [4.69, 9.17) is 5.11 Å². The van der Waals surface area contributed by atoms with Crippen LogP contribution >= 0.6 is 0 Å². The van der Waals surface area contributed by atoms with E-state index in [0.717, 1.165) is 32.1 Å². The van der Waals surface area contributed by atoms with Gasteiger partial charge < -0.3 is 15.3 Å². The minimum absolute atomic E-state index is 0.0125. The molecule has 1 aliphatic heterocycles. The minimum atomic E-state index is -0.759. The van der Waals surface area contributed by atoms with Crippen LogP contribution in [0.5, 0.6) is 0 Å². The second-order valence-electron chi connectivity index (χ2n) is 6.81. The summed E-state index contributed by atoms with van der Waals surface area (Å²) in [5.41, 5.74) is 0.662. The second kappa shape index (κ2) is 10.6. The highest BCUT2D eigenvalue weighted by molar-refractivity contribution is 5.94. The smallest absolute Gasteiger partial charge is 0.303 e. The molecule has 26 heavy (non-hydrogen) atoms. The van der Waals surface area contributed by atoms with Crippen molar-refractivity contribution < 1.29 is 19.5 Å². The van der Waals surface area contributed by atoms with Gasteiger partial charge in [0.2, 0.25) is 5.91 Å². The van der Waals surface area contributed by atoms with E-state index in [1.807, 2.05) is 18.2 Å². The van der Waals surface area contributed by atoms with Gasteiger partial charge in [-0.2, -0.15) is 0 Å². The highest BCUT2D eigenvalue weighted by Gasteiger charge is 2.28. The number of carbonyl (C=O) groups is 3. The Balaban J connectivity index is 1.69. The van der Waals surface area contributed by atoms with E-state index in [9.17, 15) is 14.4 Å². The van der Waals surface area contributed by atoms with E-state index in [-0.39, 0.29) is 24.2 Å². The minimum Gasteiger partial charge on any atom is -0.481 e. The highest BCUT2D eigenvalue weighted by Crippen LogP contribution is 2.19. The summed E-state index contributed by atoms with van der Waals surface area (Å²) in [4.78, 5) is 37.1. The molecule has 1 heterocycles. The first kappa shape index (κ1) is 19.9. The first-order valence-corrected chi connectivity index (χ1v) is 9.42. The number of nitrogens with zero attached hydrogens (tertiary/aromatic N) is 1. The van der Waals surface area contributed by atoms with Crippen molar-refractivity contribution in [3.63, 3.8) is 0 Å². The summed E-state index contributed by atoms with van der Waals surface area (Å²) in [6.45, 7) is 1.77. The lowest BCUT2D eigenvalue weighted by molar-refractivity contribution is -0.137. The summed E-state index contributed by atoms with van der Waals surface area (Å²) >= 11 is 0. The number of aliphatic carboxylic acids is 1. The zero-order valence-electron chi connectivity index (χ0n) is 15.2. The van der Waals surface area contributed by atoms with Gasteiger partial charge >= 0.3 is 5.97 Å². The van der Waals surface area contributed by atoms with Crippen molar-refractivity contribution in [2.45, 2.75) is 44.9 Å². The Morgan fingerprint density at radius 3 is 2.54 bits per heavy atom. The molecule has 0 radical (unpaired) electrons. The Hall–Kier alpha value is -2.37. The van der Waals surface area contributed by atoms with Gasteiger partial charge in [-0.25, -0.2) is 0 Å². The molecular formula is C20H28N2O4. The van der Waals surface area contributed by atoms with Crippen molar-refractivity contribution >= 4 is 17.8 Å². The van der Waals surface area contributed by atoms with E-state index in [1.165, 1.54) is 0 Å². The van der Waals surface area contributed by atoms with Gasteiger partial charge in [-0.1, -0.05) is 31.0 Å². The van der Waals surface area contributed by atoms with E-state index in [1.54, 1.807) is 17.0 Å². The Labute approximate surface area is 154 Å². The molecule has 1 aliphatic rings. The molecule has 2 N–H and O–H groups in total. The summed E-state index contributed by atoms with van der Waals surface area (Å²) in [6, 6.07) is 9.17. The van der Waals surface area contributed by atoms with Gasteiger partial charge in [0.1, 0.15) is 0 Å². The summed E-state index contributed by atoms with van der Waals surface area (Å²) in [7, 11) is 0. The van der Waals surface area contributed by atoms with E-state index in [0.29, 0.717) is 31.6 Å². The first-order chi connectivity index (χ1) is 12.6. The molecule has 142 valence electrons. The van der Waals surface area contributed by atoms with E-state index >= 15 is 0 Å². The molecule has 2 rings (SSSR count). The van der Waals surface area contributed by atoms with Crippen molar-refractivity contribution in [2.24, 2.45) is 5.92 Å². The van der Waals surface area contributed by atoms with Gasteiger partial charge in [-0.05, 0) is 37.8 Å². The first-order valence-electron chi connectivity index (χ1n) is 9.42. The number of rotatable bonds is 9. The number of hydrogen-bond donors (Lipinski definition) is 2. The summed E-state index contributed by atoms with van der Waals surface area (Å²) in [5.74, 6) is -0.906. The fraction of sp³-hybridized carbons (Fsp3) is 0.550. The van der Waals surface area contributed by atoms with Crippen LogP contribution in [0.15, 0.2) is 30.3 Å². The van der Waals surface area contributed by atoms with Gasteiger partial charge in [0.15, 0.2) is 0 Å². The third-order valence-corrected chi connectivity index (χ3v) is 4.72. The quantitative estimate of drug-likeness (QED) is 0.663. The van der Waals surface area contributed by atoms with Crippen LogP contribution in [0.1, 0.15) is 55.3 Å². The molecule has 1 atom stereocenters. The number of hydrogen-bond acceptors (Lipinski definition) is 3. The number of carbonyl (C=O) groups excluding carboxylic acids is 2. The molecule has 0 aliphatic carbocycles. The lowest BCUT2D eigenvalue weighted by Gasteiger charge is -2.32. The van der Waals surface area contributed by atoms with Crippen molar-refractivity contribution in [1.82, 2.24) is 10.2 Å². The predicted molar refractivity (Wildman–Crippen MR) is 98.8 cm³/mol. The van der Waals surface area contributed by atoms with Crippen LogP contribution in [0.25, 0.3) is 0 Å². The number of carboxylic acid groups (broad SMARTS) is 1. The zero-order chi connectivity index (χ0) is 18.8. The van der Waals surface area contributed by atoms with Crippen LogP contribution < -0.4 is 5.32 Å². The van der Waals surface area contributed by atoms with Crippen molar-refractivity contribution in [2.75, 3.05) is 19.6 Å². The highest BCUT2D eigenvalue weighted by atomic mass is 16.4. The topological polar surface area (TPSA) is 86.7 Å². The molecule has 1 fully saturated rings. The summed E-state index contributed by atoms with van der Waals surface area (Å²) in [6.07, 6.45) is 5.17. The number of carboxylic acids is 1. The molecule has 0 bridgehead atoms. The average Bonchev–Trinajstić information content (AvgIpc) is 2.67. The molecule has 1 aromatic rings.